The van der Waals surface area contributed by atoms with E-state index in [2.05, 4.69) is 20.9 Å². The molecule has 1 aromatic rings. The fourth-order valence-corrected chi connectivity index (χ4v) is 3.61. The average Bonchev–Trinajstić information content (AvgIpc) is 2.97. The van der Waals surface area contributed by atoms with E-state index in [0.717, 1.165) is 18.3 Å². The van der Waals surface area contributed by atoms with Crippen LogP contribution in [0.4, 0.5) is 0 Å². The van der Waals surface area contributed by atoms with E-state index in [-0.39, 0.29) is 0 Å². The molecular formula is C16H24N4S. The van der Waals surface area contributed by atoms with Crippen LogP contribution in [-0.2, 0) is 6.54 Å². The minimum absolute atomic E-state index is 0.379. The number of aromatic nitrogens is 1. The molecule has 2 aliphatic heterocycles. The van der Waals surface area contributed by atoms with Crippen LogP contribution in [0.2, 0.25) is 0 Å². The van der Waals surface area contributed by atoms with Gasteiger partial charge < -0.3 is 5.73 Å². The summed E-state index contributed by atoms with van der Waals surface area (Å²) in [5.41, 5.74) is 7.65. The second-order valence-electron chi connectivity index (χ2n) is 6.19. The third-order valence-corrected chi connectivity index (χ3v) is 4.85. The fourth-order valence-electron chi connectivity index (χ4n) is 3.50. The lowest BCUT2D eigenvalue weighted by Gasteiger charge is -2.32. The second kappa shape index (κ2) is 6.81. The monoisotopic (exact) mass is 304 g/mol. The Hall–Kier alpha value is -1.04. The lowest BCUT2D eigenvalue weighted by Crippen LogP contribution is -2.40. The zero-order valence-corrected chi connectivity index (χ0v) is 13.3. The molecule has 114 valence electrons. The first-order chi connectivity index (χ1) is 10.2. The maximum atomic E-state index is 5.66. The summed E-state index contributed by atoms with van der Waals surface area (Å²) >= 11 is 5.00. The summed E-state index contributed by atoms with van der Waals surface area (Å²) in [7, 11) is 0. The highest BCUT2D eigenvalue weighted by atomic mass is 32.1. The number of hydrogen-bond donors (Lipinski definition) is 1. The van der Waals surface area contributed by atoms with Crippen molar-refractivity contribution in [2.24, 2.45) is 5.73 Å². The largest absolute Gasteiger partial charge is 0.388 e. The number of nitrogens with zero attached hydrogens (tertiary/aromatic N) is 3. The van der Waals surface area contributed by atoms with Gasteiger partial charge in [-0.25, -0.2) is 0 Å². The first-order valence-corrected chi connectivity index (χ1v) is 8.34. The molecule has 2 saturated heterocycles. The first kappa shape index (κ1) is 14.9. The van der Waals surface area contributed by atoms with Gasteiger partial charge in [-0.2, -0.15) is 0 Å². The Labute approximate surface area is 132 Å². The van der Waals surface area contributed by atoms with Crippen LogP contribution >= 0.6 is 12.2 Å². The van der Waals surface area contributed by atoms with Gasteiger partial charge in [0, 0.05) is 31.9 Å². The van der Waals surface area contributed by atoms with Crippen molar-refractivity contribution in [2.45, 2.75) is 38.3 Å². The fraction of sp³-hybridized carbons (Fsp3) is 0.625. The molecule has 0 aliphatic carbocycles. The quantitative estimate of drug-likeness (QED) is 0.859. The van der Waals surface area contributed by atoms with Gasteiger partial charge in [0.15, 0.2) is 0 Å². The Balaban J connectivity index is 1.56. The molecule has 0 spiro atoms. The third kappa shape index (κ3) is 3.78. The van der Waals surface area contributed by atoms with Crippen molar-refractivity contribution in [3.63, 3.8) is 0 Å². The maximum Gasteiger partial charge on any atom is 0.122 e. The normalized spacial score (nSPS) is 24.3. The van der Waals surface area contributed by atoms with Crippen LogP contribution < -0.4 is 5.73 Å². The summed E-state index contributed by atoms with van der Waals surface area (Å²) < 4.78 is 0. The van der Waals surface area contributed by atoms with Crippen LogP contribution in [0.3, 0.4) is 0 Å². The molecule has 0 radical (unpaired) electrons. The lowest BCUT2D eigenvalue weighted by atomic mass is 10.1. The van der Waals surface area contributed by atoms with Crippen molar-refractivity contribution in [1.29, 1.82) is 0 Å². The Bertz CT molecular complexity index is 499. The van der Waals surface area contributed by atoms with E-state index in [9.17, 15) is 0 Å². The summed E-state index contributed by atoms with van der Waals surface area (Å²) in [5.74, 6) is 0. The van der Waals surface area contributed by atoms with Crippen LogP contribution in [0.1, 0.15) is 36.9 Å². The minimum atomic E-state index is 0.379. The molecule has 2 aliphatic rings. The highest BCUT2D eigenvalue weighted by Crippen LogP contribution is 2.21. The zero-order chi connectivity index (χ0) is 14.7. The maximum absolute atomic E-state index is 5.66. The highest BCUT2D eigenvalue weighted by Gasteiger charge is 2.28. The van der Waals surface area contributed by atoms with Crippen molar-refractivity contribution in [2.75, 3.05) is 26.2 Å². The number of likely N-dealkylation sites (tertiary alicyclic amines) is 2. The van der Waals surface area contributed by atoms with Crippen LogP contribution in [0.5, 0.6) is 0 Å². The molecule has 0 amide bonds. The van der Waals surface area contributed by atoms with E-state index in [0.29, 0.717) is 4.99 Å². The number of rotatable bonds is 4. The molecule has 3 rings (SSSR count). The summed E-state index contributed by atoms with van der Waals surface area (Å²) in [5, 5.41) is 0. The number of piperidine rings is 1. The number of nitrogens with two attached hydrogens (primary N) is 1. The zero-order valence-electron chi connectivity index (χ0n) is 12.5. The Morgan fingerprint density at radius 3 is 2.86 bits per heavy atom. The Morgan fingerprint density at radius 2 is 2.10 bits per heavy atom. The minimum Gasteiger partial charge on any atom is -0.388 e. The molecule has 3 heterocycles. The predicted molar refractivity (Wildman–Crippen MR) is 89.2 cm³/mol. The lowest BCUT2D eigenvalue weighted by molar-refractivity contribution is 0.161. The van der Waals surface area contributed by atoms with Crippen molar-refractivity contribution >= 4 is 17.2 Å². The second-order valence-corrected chi connectivity index (χ2v) is 6.63. The van der Waals surface area contributed by atoms with E-state index in [1.807, 2.05) is 12.3 Å². The summed E-state index contributed by atoms with van der Waals surface area (Å²) in [6.07, 6.45) is 7.26. The number of pyridine rings is 1. The summed E-state index contributed by atoms with van der Waals surface area (Å²) in [4.78, 5) is 9.82. The van der Waals surface area contributed by atoms with Gasteiger partial charge in [0.05, 0.1) is 5.69 Å². The molecular weight excluding hydrogens is 280 g/mol. The van der Waals surface area contributed by atoms with Gasteiger partial charge in [-0.3, -0.25) is 14.8 Å². The van der Waals surface area contributed by atoms with E-state index < -0.39 is 0 Å². The van der Waals surface area contributed by atoms with Crippen LogP contribution in [0.25, 0.3) is 0 Å². The molecule has 2 fully saturated rings. The molecule has 0 saturated carbocycles. The van der Waals surface area contributed by atoms with E-state index in [1.165, 1.54) is 57.4 Å². The Morgan fingerprint density at radius 1 is 1.29 bits per heavy atom. The average molecular weight is 304 g/mol. The standard InChI is InChI=1S/C16H24N4S/c17-16(21)15-10-13(4-6-18-15)11-19-9-5-14(12-19)20-7-2-1-3-8-20/h4,6,10,14H,1-3,5,7-9,11-12H2,(H2,17,21). The van der Waals surface area contributed by atoms with Crippen molar-refractivity contribution in [3.05, 3.63) is 29.6 Å². The first-order valence-electron chi connectivity index (χ1n) is 7.93. The Kier molecular flexibility index (Phi) is 4.83. The molecule has 1 aromatic heterocycles. The van der Waals surface area contributed by atoms with Crippen molar-refractivity contribution < 1.29 is 0 Å². The number of thiocarbonyl (C=S) groups is 1. The number of hydrogen-bond acceptors (Lipinski definition) is 4. The van der Waals surface area contributed by atoms with Gasteiger partial charge in [-0.05, 0) is 50.0 Å². The molecule has 1 atom stereocenters. The molecule has 4 nitrogen and oxygen atoms in total. The molecule has 0 bridgehead atoms. The van der Waals surface area contributed by atoms with Gasteiger partial charge in [0.2, 0.25) is 0 Å². The molecule has 5 heteroatoms. The topological polar surface area (TPSA) is 45.4 Å². The van der Waals surface area contributed by atoms with E-state index in [4.69, 9.17) is 18.0 Å². The van der Waals surface area contributed by atoms with E-state index >= 15 is 0 Å². The van der Waals surface area contributed by atoms with E-state index in [1.54, 1.807) is 0 Å². The smallest absolute Gasteiger partial charge is 0.122 e. The van der Waals surface area contributed by atoms with Crippen LogP contribution in [0, 0.1) is 0 Å². The molecule has 0 aromatic carbocycles. The molecule has 1 unspecified atom stereocenters. The third-order valence-electron chi connectivity index (χ3n) is 4.64. The molecule has 2 N–H and O–H groups in total. The predicted octanol–water partition coefficient (Wildman–Crippen LogP) is 1.78. The van der Waals surface area contributed by atoms with Crippen LogP contribution in [-0.4, -0.2) is 52.0 Å². The van der Waals surface area contributed by atoms with Gasteiger partial charge in [-0.1, -0.05) is 18.6 Å². The SMILES string of the molecule is NC(=S)c1cc(CN2CCC(N3CCCCC3)C2)ccn1. The van der Waals surface area contributed by atoms with Crippen molar-refractivity contribution in [1.82, 2.24) is 14.8 Å². The highest BCUT2D eigenvalue weighted by molar-refractivity contribution is 7.80. The summed E-state index contributed by atoms with van der Waals surface area (Å²) in [6.45, 7) is 5.93. The summed E-state index contributed by atoms with van der Waals surface area (Å²) in [6, 6.07) is 4.84. The van der Waals surface area contributed by atoms with Gasteiger partial charge in [-0.15, -0.1) is 0 Å². The van der Waals surface area contributed by atoms with Gasteiger partial charge >= 0.3 is 0 Å². The van der Waals surface area contributed by atoms with Gasteiger partial charge in [0.1, 0.15) is 4.99 Å². The van der Waals surface area contributed by atoms with Crippen LogP contribution in [0.15, 0.2) is 18.3 Å². The van der Waals surface area contributed by atoms with Crippen molar-refractivity contribution in [3.8, 4) is 0 Å². The molecule has 21 heavy (non-hydrogen) atoms. The van der Waals surface area contributed by atoms with Gasteiger partial charge in [0.25, 0.3) is 0 Å².